The van der Waals surface area contributed by atoms with Crippen molar-refractivity contribution in [3.8, 4) is 0 Å². The lowest BCUT2D eigenvalue weighted by Crippen LogP contribution is -2.50. The lowest BCUT2D eigenvalue weighted by molar-refractivity contribution is -0.130. The van der Waals surface area contributed by atoms with E-state index in [1.807, 2.05) is 14.1 Å². The Balaban J connectivity index is 2.28. The predicted molar refractivity (Wildman–Crippen MR) is 73.7 cm³/mol. The summed E-state index contributed by atoms with van der Waals surface area (Å²) in [6.45, 7) is 2.14. The molecule has 1 fully saturated rings. The van der Waals surface area contributed by atoms with Crippen molar-refractivity contribution in [1.29, 1.82) is 0 Å². The fourth-order valence-corrected chi connectivity index (χ4v) is 2.46. The summed E-state index contributed by atoms with van der Waals surface area (Å²) in [5.41, 5.74) is 0.894. The first kappa shape index (κ1) is 13.8. The topological polar surface area (TPSA) is 35.6 Å². The Morgan fingerprint density at radius 1 is 1.32 bits per heavy atom. The summed E-state index contributed by atoms with van der Waals surface area (Å²) in [6, 6.07) is 6.10. The van der Waals surface area contributed by atoms with E-state index in [0.29, 0.717) is 6.54 Å². The average molecular weight is 265 g/mol. The minimum atomic E-state index is -0.257. The van der Waals surface area contributed by atoms with Crippen LogP contribution < -0.4 is 10.2 Å². The van der Waals surface area contributed by atoms with E-state index in [4.69, 9.17) is 0 Å². The molecule has 1 aliphatic rings. The SMILES string of the molecule is CNCC1C(=O)N(C)CCCN1c1ccc(F)cc1. The van der Waals surface area contributed by atoms with Gasteiger partial charge in [0.05, 0.1) is 0 Å². The molecule has 1 aliphatic heterocycles. The van der Waals surface area contributed by atoms with Crippen LogP contribution in [0.15, 0.2) is 24.3 Å². The van der Waals surface area contributed by atoms with E-state index >= 15 is 0 Å². The minimum Gasteiger partial charge on any atom is -0.358 e. The van der Waals surface area contributed by atoms with E-state index in [1.54, 1.807) is 17.0 Å². The molecule has 2 rings (SSSR count). The number of carbonyl (C=O) groups excluding carboxylic acids is 1. The summed E-state index contributed by atoms with van der Waals surface area (Å²) in [4.78, 5) is 16.2. The number of hydrogen-bond donors (Lipinski definition) is 1. The quantitative estimate of drug-likeness (QED) is 0.888. The van der Waals surface area contributed by atoms with E-state index in [9.17, 15) is 9.18 Å². The molecular formula is C14H20FN3O. The van der Waals surface area contributed by atoms with E-state index in [-0.39, 0.29) is 17.8 Å². The van der Waals surface area contributed by atoms with Crippen LogP contribution in [0.25, 0.3) is 0 Å². The van der Waals surface area contributed by atoms with Crippen LogP contribution in [-0.4, -0.2) is 50.6 Å². The molecule has 1 atom stereocenters. The molecule has 0 radical (unpaired) electrons. The van der Waals surface area contributed by atoms with Gasteiger partial charge in [-0.15, -0.1) is 0 Å². The molecule has 0 bridgehead atoms. The van der Waals surface area contributed by atoms with E-state index in [1.165, 1.54) is 12.1 Å². The molecule has 1 N–H and O–H groups in total. The number of hydrogen-bond acceptors (Lipinski definition) is 3. The second-order valence-corrected chi connectivity index (χ2v) is 4.86. The van der Waals surface area contributed by atoms with Gasteiger partial charge in [-0.25, -0.2) is 4.39 Å². The molecule has 1 amide bonds. The van der Waals surface area contributed by atoms with Crippen LogP contribution in [0.4, 0.5) is 10.1 Å². The number of amides is 1. The van der Waals surface area contributed by atoms with Gasteiger partial charge in [-0.05, 0) is 37.7 Å². The molecule has 1 unspecified atom stereocenters. The maximum absolute atomic E-state index is 13.0. The maximum atomic E-state index is 13.0. The standard InChI is InChI=1S/C14H20FN3O/c1-16-10-13-14(19)17(2)8-3-9-18(13)12-6-4-11(15)5-7-12/h4-7,13,16H,3,8-10H2,1-2H3. The zero-order valence-corrected chi connectivity index (χ0v) is 11.4. The Labute approximate surface area is 113 Å². The van der Waals surface area contributed by atoms with Gasteiger partial charge in [0.15, 0.2) is 0 Å². The molecule has 104 valence electrons. The summed E-state index contributed by atoms with van der Waals surface area (Å²) in [5.74, 6) is -0.150. The number of benzene rings is 1. The van der Waals surface area contributed by atoms with Crippen molar-refractivity contribution in [2.24, 2.45) is 0 Å². The number of rotatable bonds is 3. The van der Waals surface area contributed by atoms with Crippen LogP contribution in [0, 0.1) is 5.82 Å². The zero-order valence-electron chi connectivity index (χ0n) is 11.4. The number of anilines is 1. The van der Waals surface area contributed by atoms with E-state index in [2.05, 4.69) is 10.2 Å². The number of carbonyl (C=O) groups is 1. The zero-order chi connectivity index (χ0) is 13.8. The monoisotopic (exact) mass is 265 g/mol. The van der Waals surface area contributed by atoms with Crippen molar-refractivity contribution in [1.82, 2.24) is 10.2 Å². The largest absolute Gasteiger partial charge is 0.358 e. The first-order valence-electron chi connectivity index (χ1n) is 6.55. The Morgan fingerprint density at radius 3 is 2.63 bits per heavy atom. The molecule has 19 heavy (non-hydrogen) atoms. The minimum absolute atomic E-state index is 0.108. The third kappa shape index (κ3) is 3.04. The van der Waals surface area contributed by atoms with Gasteiger partial charge in [-0.3, -0.25) is 4.79 Å². The smallest absolute Gasteiger partial charge is 0.246 e. The average Bonchev–Trinajstić information content (AvgIpc) is 2.54. The van der Waals surface area contributed by atoms with Gasteiger partial charge in [0.1, 0.15) is 11.9 Å². The van der Waals surface area contributed by atoms with Gasteiger partial charge in [-0.1, -0.05) is 0 Å². The molecule has 1 aromatic carbocycles. The van der Waals surface area contributed by atoms with Gasteiger partial charge in [0.25, 0.3) is 0 Å². The van der Waals surface area contributed by atoms with Crippen LogP contribution >= 0.6 is 0 Å². The van der Waals surface area contributed by atoms with Crippen LogP contribution in [0.1, 0.15) is 6.42 Å². The van der Waals surface area contributed by atoms with Gasteiger partial charge >= 0.3 is 0 Å². The normalized spacial score (nSPS) is 20.6. The summed E-state index contributed by atoms with van der Waals surface area (Å²) in [5, 5.41) is 3.06. The van der Waals surface area contributed by atoms with Crippen LogP contribution in [0.5, 0.6) is 0 Å². The molecule has 1 aromatic rings. The van der Waals surface area contributed by atoms with Crippen LogP contribution in [0.2, 0.25) is 0 Å². The summed E-state index contributed by atoms with van der Waals surface area (Å²) < 4.78 is 13.0. The molecular weight excluding hydrogens is 245 g/mol. The highest BCUT2D eigenvalue weighted by Crippen LogP contribution is 2.21. The summed E-state index contributed by atoms with van der Waals surface area (Å²) >= 11 is 0. The van der Waals surface area contributed by atoms with Crippen molar-refractivity contribution in [3.63, 3.8) is 0 Å². The Morgan fingerprint density at radius 2 is 2.00 bits per heavy atom. The van der Waals surface area contributed by atoms with Gasteiger partial charge in [-0.2, -0.15) is 0 Å². The lowest BCUT2D eigenvalue weighted by atomic mass is 10.2. The predicted octanol–water partition coefficient (Wildman–Crippen LogP) is 1.08. The van der Waals surface area contributed by atoms with Gasteiger partial charge in [0.2, 0.25) is 5.91 Å². The molecule has 4 nitrogen and oxygen atoms in total. The number of likely N-dealkylation sites (N-methyl/N-ethyl adjacent to an activating group) is 2. The summed E-state index contributed by atoms with van der Waals surface area (Å²) in [6.07, 6.45) is 0.916. The molecule has 0 aromatic heterocycles. The molecule has 5 heteroatoms. The van der Waals surface area contributed by atoms with E-state index < -0.39 is 0 Å². The highest BCUT2D eigenvalue weighted by Gasteiger charge is 2.30. The molecule has 0 saturated carbocycles. The Bertz CT molecular complexity index is 435. The van der Waals surface area contributed by atoms with Crippen molar-refractivity contribution in [2.75, 3.05) is 38.6 Å². The van der Waals surface area contributed by atoms with Crippen molar-refractivity contribution >= 4 is 11.6 Å². The fraction of sp³-hybridized carbons (Fsp3) is 0.500. The van der Waals surface area contributed by atoms with Crippen LogP contribution in [-0.2, 0) is 4.79 Å². The molecule has 0 spiro atoms. The Hall–Kier alpha value is -1.62. The highest BCUT2D eigenvalue weighted by atomic mass is 19.1. The summed E-state index contributed by atoms with van der Waals surface area (Å²) in [7, 11) is 3.67. The molecule has 0 aliphatic carbocycles. The number of nitrogens with one attached hydrogen (secondary N) is 1. The second kappa shape index (κ2) is 6.02. The van der Waals surface area contributed by atoms with Crippen molar-refractivity contribution in [2.45, 2.75) is 12.5 Å². The van der Waals surface area contributed by atoms with Crippen molar-refractivity contribution < 1.29 is 9.18 Å². The van der Waals surface area contributed by atoms with Gasteiger partial charge < -0.3 is 15.1 Å². The van der Waals surface area contributed by atoms with E-state index in [0.717, 1.165) is 25.2 Å². The van der Waals surface area contributed by atoms with Crippen LogP contribution in [0.3, 0.4) is 0 Å². The Kier molecular flexibility index (Phi) is 4.37. The lowest BCUT2D eigenvalue weighted by Gasteiger charge is -2.31. The van der Waals surface area contributed by atoms with Crippen molar-refractivity contribution in [3.05, 3.63) is 30.1 Å². The number of halogens is 1. The third-order valence-electron chi connectivity index (χ3n) is 3.49. The van der Waals surface area contributed by atoms with Gasteiger partial charge in [0, 0.05) is 32.4 Å². The maximum Gasteiger partial charge on any atom is 0.246 e. The third-order valence-corrected chi connectivity index (χ3v) is 3.49. The first-order chi connectivity index (χ1) is 9.13. The fourth-order valence-electron chi connectivity index (χ4n) is 2.46. The second-order valence-electron chi connectivity index (χ2n) is 4.86. The molecule has 1 heterocycles. The highest BCUT2D eigenvalue weighted by molar-refractivity contribution is 5.86. The number of nitrogens with zero attached hydrogens (tertiary/aromatic N) is 2. The molecule has 1 saturated heterocycles. The first-order valence-corrected chi connectivity index (χ1v) is 6.55.